The number of carbonyl (C=O) groups is 2. The van der Waals surface area contributed by atoms with Crippen molar-refractivity contribution in [3.63, 3.8) is 0 Å². The Balaban J connectivity index is 1.58. The number of halogens is 1. The van der Waals surface area contributed by atoms with Crippen LogP contribution in [0, 0.1) is 18.3 Å². The average molecular weight is 549 g/mol. The number of ether oxygens (including phenoxy) is 1. The van der Waals surface area contributed by atoms with Gasteiger partial charge in [0.2, 0.25) is 5.91 Å². The molecule has 0 saturated heterocycles. The van der Waals surface area contributed by atoms with Gasteiger partial charge < -0.3 is 25.1 Å². The van der Waals surface area contributed by atoms with E-state index in [-0.39, 0.29) is 17.2 Å². The van der Waals surface area contributed by atoms with Crippen LogP contribution in [0.5, 0.6) is 5.75 Å². The molecule has 1 aromatic heterocycles. The fourth-order valence-corrected chi connectivity index (χ4v) is 5.08. The highest BCUT2D eigenvalue weighted by Crippen LogP contribution is 2.41. The maximum atomic E-state index is 13.5. The maximum absolute atomic E-state index is 13.5. The monoisotopic (exact) mass is 548 g/mol. The van der Waals surface area contributed by atoms with Crippen LogP contribution in [0.1, 0.15) is 24.2 Å². The normalized spacial score (nSPS) is 15.0. The first-order valence-electron chi connectivity index (χ1n) is 11.6. The number of nitriles is 1. The van der Waals surface area contributed by atoms with Gasteiger partial charge >= 0.3 is 0 Å². The number of thioether (sulfide) groups is 1. The predicted octanol–water partition coefficient (Wildman–Crippen LogP) is 5.96. The molecule has 10 heteroatoms. The topological polar surface area (TPSA) is 116 Å². The Hall–Kier alpha value is -4.13. The summed E-state index contributed by atoms with van der Waals surface area (Å²) in [6, 6.07) is 18.0. The van der Waals surface area contributed by atoms with Gasteiger partial charge in [-0.25, -0.2) is 0 Å². The van der Waals surface area contributed by atoms with Gasteiger partial charge in [0.1, 0.15) is 11.5 Å². The first-order valence-corrected chi connectivity index (χ1v) is 13.0. The quantitative estimate of drug-likeness (QED) is 0.318. The lowest BCUT2D eigenvalue weighted by Gasteiger charge is -2.28. The minimum Gasteiger partial charge on any atom is -0.495 e. The second kappa shape index (κ2) is 11.9. The molecule has 2 aromatic carbocycles. The van der Waals surface area contributed by atoms with E-state index in [1.165, 1.54) is 25.1 Å². The number of dihydropyridines is 1. The van der Waals surface area contributed by atoms with Gasteiger partial charge in [-0.05, 0) is 55.8 Å². The SMILES string of the molecule is COc1ccccc1NC(=O)C1=C(C)NC(SCC(=O)Nc2ccc(C)c(Cl)c2)=C(C#N)[C@@H]1c1ccco1. The first kappa shape index (κ1) is 26.9. The zero-order valence-electron chi connectivity index (χ0n) is 20.9. The number of benzene rings is 2. The minimum absolute atomic E-state index is 0.0277. The van der Waals surface area contributed by atoms with E-state index < -0.39 is 11.8 Å². The molecule has 4 rings (SSSR count). The number of nitrogens with zero attached hydrogens (tertiary/aromatic N) is 1. The number of aryl methyl sites for hydroxylation is 1. The molecule has 0 spiro atoms. The Kier molecular flexibility index (Phi) is 8.46. The lowest BCUT2D eigenvalue weighted by Crippen LogP contribution is -2.31. The Labute approximate surface area is 229 Å². The summed E-state index contributed by atoms with van der Waals surface area (Å²) in [5.41, 5.74) is 3.11. The van der Waals surface area contributed by atoms with Gasteiger partial charge in [0.25, 0.3) is 5.91 Å². The molecular formula is C28H25ClN4O4S. The largest absolute Gasteiger partial charge is 0.495 e. The van der Waals surface area contributed by atoms with Crippen LogP contribution in [0.4, 0.5) is 11.4 Å². The minimum atomic E-state index is -0.771. The fraction of sp³-hybridized carbons (Fsp3) is 0.179. The van der Waals surface area contributed by atoms with Crippen LogP contribution in [0.3, 0.4) is 0 Å². The Morgan fingerprint density at radius 2 is 1.95 bits per heavy atom. The smallest absolute Gasteiger partial charge is 0.254 e. The number of para-hydroxylation sites is 2. The summed E-state index contributed by atoms with van der Waals surface area (Å²) < 4.78 is 11.0. The van der Waals surface area contributed by atoms with Crippen molar-refractivity contribution in [2.75, 3.05) is 23.5 Å². The van der Waals surface area contributed by atoms with Crippen molar-refractivity contribution in [3.05, 3.63) is 99.1 Å². The number of carbonyl (C=O) groups excluding carboxylic acids is 2. The van der Waals surface area contributed by atoms with E-state index in [9.17, 15) is 14.9 Å². The van der Waals surface area contributed by atoms with Gasteiger partial charge in [0, 0.05) is 16.4 Å². The molecule has 2 amide bonds. The molecule has 1 atom stereocenters. The summed E-state index contributed by atoms with van der Waals surface area (Å²) >= 11 is 7.33. The van der Waals surface area contributed by atoms with Crippen LogP contribution in [-0.4, -0.2) is 24.7 Å². The average Bonchev–Trinajstić information content (AvgIpc) is 3.44. The molecule has 3 N–H and O–H groups in total. The first-order chi connectivity index (χ1) is 18.3. The van der Waals surface area contributed by atoms with E-state index in [1.54, 1.807) is 55.5 Å². The molecule has 8 nitrogen and oxygen atoms in total. The molecule has 0 saturated carbocycles. The Morgan fingerprint density at radius 1 is 1.16 bits per heavy atom. The van der Waals surface area contributed by atoms with Crippen LogP contribution in [-0.2, 0) is 9.59 Å². The number of rotatable bonds is 8. The van der Waals surface area contributed by atoms with Crippen LogP contribution in [0.25, 0.3) is 0 Å². The second-order valence-electron chi connectivity index (χ2n) is 8.42. The Morgan fingerprint density at radius 3 is 2.63 bits per heavy atom. The van der Waals surface area contributed by atoms with E-state index in [2.05, 4.69) is 22.0 Å². The van der Waals surface area contributed by atoms with Crippen LogP contribution in [0.2, 0.25) is 5.02 Å². The molecule has 1 aliphatic heterocycles. The molecule has 0 fully saturated rings. The molecule has 194 valence electrons. The van der Waals surface area contributed by atoms with Crippen molar-refractivity contribution in [1.82, 2.24) is 5.32 Å². The predicted molar refractivity (Wildman–Crippen MR) is 149 cm³/mol. The summed E-state index contributed by atoms with van der Waals surface area (Å²) in [6.07, 6.45) is 1.49. The van der Waals surface area contributed by atoms with Crippen molar-refractivity contribution in [1.29, 1.82) is 5.26 Å². The van der Waals surface area contributed by atoms with Crippen LogP contribution < -0.4 is 20.7 Å². The van der Waals surface area contributed by atoms with Gasteiger partial charge in [-0.2, -0.15) is 5.26 Å². The van der Waals surface area contributed by atoms with E-state index >= 15 is 0 Å². The third-order valence-electron chi connectivity index (χ3n) is 5.88. The lowest BCUT2D eigenvalue weighted by atomic mass is 9.85. The number of hydrogen-bond acceptors (Lipinski definition) is 7. The molecule has 0 aliphatic carbocycles. The van der Waals surface area contributed by atoms with Crippen LogP contribution in [0.15, 0.2) is 87.1 Å². The van der Waals surface area contributed by atoms with E-state index in [1.807, 2.05) is 13.0 Å². The molecule has 0 radical (unpaired) electrons. The van der Waals surface area contributed by atoms with Gasteiger partial charge in [-0.15, -0.1) is 0 Å². The van der Waals surface area contributed by atoms with Crippen molar-refractivity contribution in [3.8, 4) is 11.8 Å². The molecule has 2 heterocycles. The van der Waals surface area contributed by atoms with Gasteiger partial charge in [0.15, 0.2) is 0 Å². The third kappa shape index (κ3) is 5.88. The van der Waals surface area contributed by atoms with Gasteiger partial charge in [0.05, 0.1) is 53.0 Å². The number of hydrogen-bond donors (Lipinski definition) is 3. The highest BCUT2D eigenvalue weighted by Gasteiger charge is 2.36. The van der Waals surface area contributed by atoms with Crippen molar-refractivity contribution in [2.24, 2.45) is 0 Å². The number of methoxy groups -OCH3 is 1. The molecule has 3 aromatic rings. The maximum Gasteiger partial charge on any atom is 0.254 e. The number of furan rings is 1. The highest BCUT2D eigenvalue weighted by molar-refractivity contribution is 8.03. The summed E-state index contributed by atoms with van der Waals surface area (Å²) in [5.74, 6) is -0.480. The number of nitrogens with one attached hydrogen (secondary N) is 3. The summed E-state index contributed by atoms with van der Waals surface area (Å²) in [4.78, 5) is 26.2. The second-order valence-corrected chi connectivity index (χ2v) is 9.81. The number of anilines is 2. The molecule has 38 heavy (non-hydrogen) atoms. The number of allylic oxidation sites excluding steroid dienone is 2. The molecule has 1 aliphatic rings. The van der Waals surface area contributed by atoms with E-state index in [0.717, 1.165) is 5.56 Å². The van der Waals surface area contributed by atoms with Crippen molar-refractivity contribution >= 4 is 46.6 Å². The zero-order chi connectivity index (χ0) is 27.2. The summed E-state index contributed by atoms with van der Waals surface area (Å²) in [6.45, 7) is 3.63. The molecular weight excluding hydrogens is 524 g/mol. The standard InChI is InChI=1S/C28H25ClN4O4S/c1-16-10-11-18(13-20(16)29)32-24(34)15-38-28-19(14-30)26(23-9-6-12-37-23)25(17(2)31-28)27(35)33-21-7-4-5-8-22(21)36-3/h4-13,26,31H,15H2,1-3H3,(H,32,34)(H,33,35)/t26-/m1/s1. The van der Waals surface area contributed by atoms with Crippen LogP contribution >= 0.6 is 23.4 Å². The Bertz CT molecular complexity index is 1470. The van der Waals surface area contributed by atoms with Crippen molar-refractivity contribution in [2.45, 2.75) is 19.8 Å². The third-order valence-corrected chi connectivity index (χ3v) is 7.30. The summed E-state index contributed by atoms with van der Waals surface area (Å²) in [7, 11) is 1.52. The van der Waals surface area contributed by atoms with Gasteiger partial charge in [-0.1, -0.05) is 41.6 Å². The zero-order valence-corrected chi connectivity index (χ0v) is 22.5. The molecule has 0 bridgehead atoms. The van der Waals surface area contributed by atoms with Crippen molar-refractivity contribution < 1.29 is 18.7 Å². The van der Waals surface area contributed by atoms with E-state index in [4.69, 9.17) is 20.8 Å². The van der Waals surface area contributed by atoms with E-state index in [0.29, 0.717) is 44.2 Å². The molecule has 0 unspecified atom stereocenters. The highest BCUT2D eigenvalue weighted by atomic mass is 35.5. The summed E-state index contributed by atoms with van der Waals surface area (Å²) in [5, 5.41) is 20.0. The fourth-order valence-electron chi connectivity index (χ4n) is 4.01. The lowest BCUT2D eigenvalue weighted by molar-refractivity contribution is -0.114. The van der Waals surface area contributed by atoms with Gasteiger partial charge in [-0.3, -0.25) is 9.59 Å². The number of amides is 2.